The maximum Gasteiger partial charge on any atom is 0.238 e. The van der Waals surface area contributed by atoms with Gasteiger partial charge < -0.3 is 11.1 Å². The van der Waals surface area contributed by atoms with Crippen molar-refractivity contribution in [3.63, 3.8) is 0 Å². The summed E-state index contributed by atoms with van der Waals surface area (Å²) < 4.78 is 0. The molecule has 3 N–H and O–H groups in total. The average molecular weight is 288 g/mol. The lowest BCUT2D eigenvalue weighted by molar-refractivity contribution is -0.122. The first-order valence-corrected chi connectivity index (χ1v) is 7.14. The lowest BCUT2D eigenvalue weighted by Crippen LogP contribution is -2.55. The first kappa shape index (κ1) is 15.3. The van der Waals surface area contributed by atoms with E-state index in [0.717, 1.165) is 13.0 Å². The van der Waals surface area contributed by atoms with Gasteiger partial charge in [0.15, 0.2) is 0 Å². The molecule has 0 aliphatic rings. The standard InChI is InChI=1S/C12H18ClN3OS/c1-3-6-16-12(2,11(14)17)8-18-10-9(13)5-4-7-15-10/h4-5,7,16H,3,6,8H2,1-2H3,(H2,14,17). The third-order valence-corrected chi connectivity index (χ3v) is 4.27. The SMILES string of the molecule is CCCNC(C)(CSc1ncccc1Cl)C(N)=O. The zero-order valence-corrected chi connectivity index (χ0v) is 12.1. The van der Waals surface area contributed by atoms with Crippen LogP contribution in [-0.4, -0.2) is 28.7 Å². The first-order chi connectivity index (χ1) is 8.49. The van der Waals surface area contributed by atoms with Crippen LogP contribution in [0.4, 0.5) is 0 Å². The molecule has 1 unspecified atom stereocenters. The molecule has 18 heavy (non-hydrogen) atoms. The van der Waals surface area contributed by atoms with Gasteiger partial charge in [0.05, 0.1) is 5.02 Å². The van der Waals surface area contributed by atoms with E-state index in [-0.39, 0.29) is 5.91 Å². The molecule has 0 fully saturated rings. The van der Waals surface area contributed by atoms with Crippen LogP contribution in [0.25, 0.3) is 0 Å². The average Bonchev–Trinajstić information content (AvgIpc) is 2.35. The van der Waals surface area contributed by atoms with Crippen molar-refractivity contribution in [1.82, 2.24) is 10.3 Å². The number of thioether (sulfide) groups is 1. The summed E-state index contributed by atoms with van der Waals surface area (Å²) in [7, 11) is 0. The number of carbonyl (C=O) groups excluding carboxylic acids is 1. The number of halogens is 1. The van der Waals surface area contributed by atoms with Crippen LogP contribution in [0, 0.1) is 0 Å². The molecule has 0 aliphatic carbocycles. The Morgan fingerprint density at radius 2 is 2.39 bits per heavy atom. The van der Waals surface area contributed by atoms with Gasteiger partial charge in [-0.15, -0.1) is 11.8 Å². The number of nitrogens with zero attached hydrogens (tertiary/aromatic N) is 1. The summed E-state index contributed by atoms with van der Waals surface area (Å²) >= 11 is 7.44. The van der Waals surface area contributed by atoms with Gasteiger partial charge in [-0.25, -0.2) is 4.98 Å². The van der Waals surface area contributed by atoms with Crippen molar-refractivity contribution < 1.29 is 4.79 Å². The van der Waals surface area contributed by atoms with Crippen molar-refractivity contribution in [3.8, 4) is 0 Å². The van der Waals surface area contributed by atoms with Crippen molar-refractivity contribution in [2.45, 2.75) is 30.8 Å². The Morgan fingerprint density at radius 3 is 2.94 bits per heavy atom. The lowest BCUT2D eigenvalue weighted by Gasteiger charge is -2.26. The van der Waals surface area contributed by atoms with Gasteiger partial charge in [0.25, 0.3) is 0 Å². The summed E-state index contributed by atoms with van der Waals surface area (Å²) in [6, 6.07) is 3.55. The summed E-state index contributed by atoms with van der Waals surface area (Å²) in [6.45, 7) is 4.59. The van der Waals surface area contributed by atoms with E-state index in [2.05, 4.69) is 10.3 Å². The van der Waals surface area contributed by atoms with Gasteiger partial charge in [0.1, 0.15) is 10.6 Å². The van der Waals surface area contributed by atoms with E-state index >= 15 is 0 Å². The number of aromatic nitrogens is 1. The number of carbonyl (C=O) groups is 1. The highest BCUT2D eigenvalue weighted by Gasteiger charge is 2.30. The Hall–Kier alpha value is -0.780. The highest BCUT2D eigenvalue weighted by molar-refractivity contribution is 7.99. The molecule has 0 bridgehead atoms. The van der Waals surface area contributed by atoms with Gasteiger partial charge in [-0.05, 0) is 32.0 Å². The smallest absolute Gasteiger partial charge is 0.238 e. The Bertz CT molecular complexity index is 416. The topological polar surface area (TPSA) is 68.0 Å². The minimum absolute atomic E-state index is 0.365. The van der Waals surface area contributed by atoms with Crippen molar-refractivity contribution in [2.24, 2.45) is 5.73 Å². The van der Waals surface area contributed by atoms with Crippen LogP contribution in [0.5, 0.6) is 0 Å². The third-order valence-electron chi connectivity index (χ3n) is 2.53. The van der Waals surface area contributed by atoms with Crippen LogP contribution in [0.1, 0.15) is 20.3 Å². The van der Waals surface area contributed by atoms with Gasteiger partial charge in [0, 0.05) is 11.9 Å². The maximum absolute atomic E-state index is 11.5. The minimum atomic E-state index is -0.748. The molecular formula is C12H18ClN3OS. The van der Waals surface area contributed by atoms with E-state index < -0.39 is 5.54 Å². The van der Waals surface area contributed by atoms with Crippen LogP contribution < -0.4 is 11.1 Å². The summed E-state index contributed by atoms with van der Waals surface area (Å²) in [5, 5.41) is 4.47. The number of rotatable bonds is 7. The lowest BCUT2D eigenvalue weighted by atomic mass is 10.1. The van der Waals surface area contributed by atoms with E-state index in [0.29, 0.717) is 15.8 Å². The molecule has 0 saturated heterocycles. The van der Waals surface area contributed by atoms with Gasteiger partial charge in [0.2, 0.25) is 5.91 Å². The van der Waals surface area contributed by atoms with E-state index in [1.54, 1.807) is 25.3 Å². The number of hydrogen-bond acceptors (Lipinski definition) is 4. The number of amides is 1. The minimum Gasteiger partial charge on any atom is -0.368 e. The van der Waals surface area contributed by atoms with Crippen molar-refractivity contribution in [1.29, 1.82) is 0 Å². The zero-order chi connectivity index (χ0) is 13.6. The fourth-order valence-corrected chi connectivity index (χ4v) is 2.60. The van der Waals surface area contributed by atoms with E-state index in [1.807, 2.05) is 6.92 Å². The molecule has 1 aromatic heterocycles. The first-order valence-electron chi connectivity index (χ1n) is 5.78. The van der Waals surface area contributed by atoms with E-state index in [1.165, 1.54) is 11.8 Å². The largest absolute Gasteiger partial charge is 0.368 e. The quantitative estimate of drug-likeness (QED) is 0.754. The number of nitrogens with two attached hydrogens (primary N) is 1. The normalized spacial score (nSPS) is 14.2. The Kier molecular flexibility index (Phi) is 5.91. The molecular weight excluding hydrogens is 270 g/mol. The van der Waals surface area contributed by atoms with Crippen LogP contribution in [-0.2, 0) is 4.79 Å². The molecule has 0 aliphatic heterocycles. The predicted molar refractivity (Wildman–Crippen MR) is 75.9 cm³/mol. The molecule has 1 atom stereocenters. The molecule has 0 radical (unpaired) electrons. The third kappa shape index (κ3) is 4.15. The molecule has 1 heterocycles. The molecule has 1 aromatic rings. The molecule has 1 rings (SSSR count). The Morgan fingerprint density at radius 1 is 1.67 bits per heavy atom. The maximum atomic E-state index is 11.5. The molecule has 1 amide bonds. The van der Waals surface area contributed by atoms with Gasteiger partial charge in [-0.1, -0.05) is 18.5 Å². The van der Waals surface area contributed by atoms with Gasteiger partial charge >= 0.3 is 0 Å². The van der Waals surface area contributed by atoms with Crippen LogP contribution in [0.15, 0.2) is 23.4 Å². The van der Waals surface area contributed by atoms with Crippen LogP contribution in [0.2, 0.25) is 5.02 Å². The van der Waals surface area contributed by atoms with Gasteiger partial charge in [-0.2, -0.15) is 0 Å². The molecule has 6 heteroatoms. The highest BCUT2D eigenvalue weighted by Crippen LogP contribution is 2.27. The summed E-state index contributed by atoms with van der Waals surface area (Å²) in [6.07, 6.45) is 2.62. The second-order valence-electron chi connectivity index (χ2n) is 4.20. The number of hydrogen-bond donors (Lipinski definition) is 2. The Labute approximate surface area is 117 Å². The molecule has 0 saturated carbocycles. The molecule has 100 valence electrons. The van der Waals surface area contributed by atoms with Gasteiger partial charge in [-0.3, -0.25) is 4.79 Å². The van der Waals surface area contributed by atoms with Crippen LogP contribution in [0.3, 0.4) is 0 Å². The number of nitrogens with one attached hydrogen (secondary N) is 1. The fourth-order valence-electron chi connectivity index (χ4n) is 1.30. The molecule has 0 spiro atoms. The second-order valence-corrected chi connectivity index (χ2v) is 5.57. The monoisotopic (exact) mass is 287 g/mol. The predicted octanol–water partition coefficient (Wildman–Crippen LogP) is 2.07. The van der Waals surface area contributed by atoms with Crippen molar-refractivity contribution >= 4 is 29.3 Å². The van der Waals surface area contributed by atoms with Crippen LogP contribution >= 0.6 is 23.4 Å². The second kappa shape index (κ2) is 6.97. The van der Waals surface area contributed by atoms with Crippen molar-refractivity contribution in [3.05, 3.63) is 23.4 Å². The summed E-state index contributed by atoms with van der Waals surface area (Å²) in [5.74, 6) is 0.134. The molecule has 4 nitrogen and oxygen atoms in total. The summed E-state index contributed by atoms with van der Waals surface area (Å²) in [5.41, 5.74) is 4.70. The molecule has 0 aromatic carbocycles. The zero-order valence-electron chi connectivity index (χ0n) is 10.6. The highest BCUT2D eigenvalue weighted by atomic mass is 35.5. The van der Waals surface area contributed by atoms with E-state index in [4.69, 9.17) is 17.3 Å². The fraction of sp³-hybridized carbons (Fsp3) is 0.500. The van der Waals surface area contributed by atoms with E-state index in [9.17, 15) is 4.79 Å². The summed E-state index contributed by atoms with van der Waals surface area (Å²) in [4.78, 5) is 15.7. The Balaban J connectivity index is 2.68. The van der Waals surface area contributed by atoms with Crippen molar-refractivity contribution in [2.75, 3.05) is 12.3 Å². The number of pyridine rings is 1. The number of primary amides is 1.